The Morgan fingerprint density at radius 1 is 1.03 bits per heavy atom. The molecule has 1 N–H and O–H groups in total. The van der Waals surface area contributed by atoms with Gasteiger partial charge in [-0.3, -0.25) is 19.4 Å². The molecule has 2 saturated heterocycles. The SMILES string of the molecule is COCCN1C(=O)N(C2Cc3ccccc3C2)C(=O)C12CCN(Cc1ccc(NC(C)=O)cc1)CC2. The monoisotopic (exact) mass is 490 g/mol. The fourth-order valence-corrected chi connectivity index (χ4v) is 5.99. The molecule has 2 aromatic carbocycles. The number of benzene rings is 2. The van der Waals surface area contributed by atoms with Gasteiger partial charge in [0.15, 0.2) is 0 Å². The molecule has 36 heavy (non-hydrogen) atoms. The number of imide groups is 1. The van der Waals surface area contributed by atoms with Crippen molar-refractivity contribution in [2.45, 2.75) is 50.7 Å². The smallest absolute Gasteiger partial charge is 0.328 e. The Morgan fingerprint density at radius 3 is 2.25 bits per heavy atom. The molecule has 0 unspecified atom stereocenters. The van der Waals surface area contributed by atoms with Crippen molar-refractivity contribution >= 4 is 23.5 Å². The lowest BCUT2D eigenvalue weighted by atomic mass is 9.85. The minimum Gasteiger partial charge on any atom is -0.383 e. The van der Waals surface area contributed by atoms with Gasteiger partial charge in [-0.2, -0.15) is 0 Å². The minimum absolute atomic E-state index is 0.0410. The van der Waals surface area contributed by atoms with Crippen molar-refractivity contribution in [1.82, 2.24) is 14.7 Å². The number of carbonyl (C=O) groups excluding carboxylic acids is 3. The highest BCUT2D eigenvalue weighted by Gasteiger charge is 2.59. The lowest BCUT2D eigenvalue weighted by Crippen LogP contribution is -2.57. The molecule has 2 fully saturated rings. The molecule has 0 saturated carbocycles. The lowest BCUT2D eigenvalue weighted by Gasteiger charge is -2.42. The number of methoxy groups -OCH3 is 1. The van der Waals surface area contributed by atoms with Crippen molar-refractivity contribution in [3.05, 3.63) is 65.2 Å². The van der Waals surface area contributed by atoms with E-state index in [1.165, 1.54) is 18.1 Å². The number of hydrogen-bond acceptors (Lipinski definition) is 5. The number of rotatable bonds is 7. The van der Waals surface area contributed by atoms with Crippen LogP contribution >= 0.6 is 0 Å². The Kier molecular flexibility index (Phi) is 6.81. The Balaban J connectivity index is 1.29. The van der Waals surface area contributed by atoms with E-state index in [1.54, 1.807) is 16.9 Å². The molecule has 3 aliphatic rings. The van der Waals surface area contributed by atoms with Crippen molar-refractivity contribution in [2.75, 3.05) is 38.7 Å². The van der Waals surface area contributed by atoms with Gasteiger partial charge in [0, 0.05) is 51.9 Å². The van der Waals surface area contributed by atoms with Gasteiger partial charge in [0.1, 0.15) is 5.54 Å². The number of urea groups is 1. The summed E-state index contributed by atoms with van der Waals surface area (Å²) in [4.78, 5) is 44.6. The number of ether oxygens (including phenoxy) is 1. The largest absolute Gasteiger partial charge is 0.383 e. The quantitative estimate of drug-likeness (QED) is 0.604. The maximum absolute atomic E-state index is 14.0. The van der Waals surface area contributed by atoms with Crippen molar-refractivity contribution in [1.29, 1.82) is 0 Å². The molecule has 2 aromatic rings. The molecule has 1 aliphatic carbocycles. The number of amides is 4. The van der Waals surface area contributed by atoms with Crippen LogP contribution in [-0.2, 0) is 33.7 Å². The first-order valence-electron chi connectivity index (χ1n) is 12.7. The number of carbonyl (C=O) groups is 3. The average molecular weight is 491 g/mol. The number of anilines is 1. The van der Waals surface area contributed by atoms with Crippen molar-refractivity contribution in [2.24, 2.45) is 0 Å². The van der Waals surface area contributed by atoms with Gasteiger partial charge in [-0.15, -0.1) is 0 Å². The van der Waals surface area contributed by atoms with Gasteiger partial charge >= 0.3 is 6.03 Å². The van der Waals surface area contributed by atoms with E-state index in [9.17, 15) is 14.4 Å². The Hall–Kier alpha value is -3.23. The molecule has 0 bridgehead atoms. The molecular weight excluding hydrogens is 456 g/mol. The van der Waals surface area contributed by atoms with Gasteiger partial charge in [-0.1, -0.05) is 36.4 Å². The normalized spacial score (nSPS) is 19.8. The molecule has 8 heteroatoms. The van der Waals surface area contributed by atoms with Gasteiger partial charge < -0.3 is 15.0 Å². The second-order valence-electron chi connectivity index (χ2n) is 10.1. The van der Waals surface area contributed by atoms with Gasteiger partial charge in [-0.05, 0) is 54.5 Å². The maximum atomic E-state index is 14.0. The molecule has 4 amide bonds. The zero-order valence-electron chi connectivity index (χ0n) is 21.0. The highest BCUT2D eigenvalue weighted by molar-refractivity contribution is 6.07. The number of nitrogens with one attached hydrogen (secondary N) is 1. The third kappa shape index (κ3) is 4.51. The van der Waals surface area contributed by atoms with E-state index < -0.39 is 5.54 Å². The topological polar surface area (TPSA) is 82.2 Å². The van der Waals surface area contributed by atoms with E-state index in [2.05, 4.69) is 22.3 Å². The standard InChI is InChI=1S/C28H34N4O4/c1-20(33)29-24-9-7-21(8-10-24)19-30-13-11-28(12-14-30)26(34)32(27(35)31(28)15-16-36-2)25-17-22-5-3-4-6-23(22)18-25/h3-10,25H,11-19H2,1-2H3,(H,29,33). The molecular formula is C28H34N4O4. The summed E-state index contributed by atoms with van der Waals surface area (Å²) in [5, 5.41) is 2.79. The summed E-state index contributed by atoms with van der Waals surface area (Å²) in [7, 11) is 1.63. The molecule has 2 heterocycles. The van der Waals surface area contributed by atoms with E-state index >= 15 is 0 Å². The van der Waals surface area contributed by atoms with Crippen LogP contribution in [0.4, 0.5) is 10.5 Å². The molecule has 0 radical (unpaired) electrons. The lowest BCUT2D eigenvalue weighted by molar-refractivity contribution is -0.137. The first-order chi connectivity index (χ1) is 17.4. The summed E-state index contributed by atoms with van der Waals surface area (Å²) >= 11 is 0. The van der Waals surface area contributed by atoms with Gasteiger partial charge in [-0.25, -0.2) is 4.79 Å². The van der Waals surface area contributed by atoms with Crippen LogP contribution < -0.4 is 5.32 Å². The summed E-state index contributed by atoms with van der Waals surface area (Å²) in [6, 6.07) is 15.8. The number of hydrogen-bond donors (Lipinski definition) is 1. The molecule has 8 nitrogen and oxygen atoms in total. The van der Waals surface area contributed by atoms with Crippen molar-refractivity contribution in [3.8, 4) is 0 Å². The maximum Gasteiger partial charge on any atom is 0.328 e. The fraction of sp³-hybridized carbons (Fsp3) is 0.464. The van der Waals surface area contributed by atoms with E-state index in [-0.39, 0.29) is 23.9 Å². The molecule has 0 aromatic heterocycles. The van der Waals surface area contributed by atoms with E-state index in [1.807, 2.05) is 36.4 Å². The molecule has 5 rings (SSSR count). The third-order valence-electron chi connectivity index (χ3n) is 7.85. The summed E-state index contributed by atoms with van der Waals surface area (Å²) in [5.74, 6) is -0.130. The second kappa shape index (κ2) is 10.0. The van der Waals surface area contributed by atoms with Crippen LogP contribution in [0.3, 0.4) is 0 Å². The number of piperidine rings is 1. The van der Waals surface area contributed by atoms with Crippen LogP contribution in [0.5, 0.6) is 0 Å². The number of fused-ring (bicyclic) bond motifs is 1. The highest BCUT2D eigenvalue weighted by Crippen LogP contribution is 2.40. The van der Waals surface area contributed by atoms with Crippen LogP contribution in [0.2, 0.25) is 0 Å². The first-order valence-corrected chi connectivity index (χ1v) is 12.7. The van der Waals surface area contributed by atoms with Crippen molar-refractivity contribution in [3.63, 3.8) is 0 Å². The summed E-state index contributed by atoms with van der Waals surface area (Å²) in [5.41, 5.74) is 3.59. The second-order valence-corrected chi connectivity index (χ2v) is 10.1. The minimum atomic E-state index is -0.795. The first kappa shape index (κ1) is 24.5. The van der Waals surface area contributed by atoms with Gasteiger partial charge in [0.05, 0.1) is 6.61 Å². The predicted molar refractivity (Wildman–Crippen MR) is 136 cm³/mol. The van der Waals surface area contributed by atoms with Crippen LogP contribution in [0.15, 0.2) is 48.5 Å². The predicted octanol–water partition coefficient (Wildman–Crippen LogP) is 3.06. The number of nitrogens with zero attached hydrogens (tertiary/aromatic N) is 3. The summed E-state index contributed by atoms with van der Waals surface area (Å²) in [6.07, 6.45) is 2.67. The van der Waals surface area contributed by atoms with E-state index in [4.69, 9.17) is 4.74 Å². The van der Waals surface area contributed by atoms with Crippen LogP contribution in [-0.4, -0.2) is 77.5 Å². The summed E-state index contributed by atoms with van der Waals surface area (Å²) in [6.45, 7) is 4.54. The van der Waals surface area contributed by atoms with Gasteiger partial charge in [0.2, 0.25) is 5.91 Å². The zero-order valence-corrected chi connectivity index (χ0v) is 21.0. The summed E-state index contributed by atoms with van der Waals surface area (Å²) < 4.78 is 5.31. The fourth-order valence-electron chi connectivity index (χ4n) is 5.99. The average Bonchev–Trinajstić information content (AvgIpc) is 3.37. The highest BCUT2D eigenvalue weighted by atomic mass is 16.5. The van der Waals surface area contributed by atoms with E-state index in [0.717, 1.165) is 43.7 Å². The van der Waals surface area contributed by atoms with Gasteiger partial charge in [0.25, 0.3) is 5.91 Å². The van der Waals surface area contributed by atoms with Crippen LogP contribution in [0, 0.1) is 0 Å². The molecule has 1 spiro atoms. The van der Waals surface area contributed by atoms with E-state index in [0.29, 0.717) is 26.0 Å². The number of likely N-dealkylation sites (tertiary alicyclic amines) is 1. The molecule has 0 atom stereocenters. The van der Waals surface area contributed by atoms with Crippen LogP contribution in [0.25, 0.3) is 0 Å². The van der Waals surface area contributed by atoms with Crippen LogP contribution in [0.1, 0.15) is 36.5 Å². The Morgan fingerprint density at radius 2 is 1.67 bits per heavy atom. The molecule has 190 valence electrons. The van der Waals surface area contributed by atoms with Crippen molar-refractivity contribution < 1.29 is 19.1 Å². The molecule has 2 aliphatic heterocycles. The third-order valence-corrected chi connectivity index (χ3v) is 7.85. The Bertz CT molecular complexity index is 1120. The zero-order chi connectivity index (χ0) is 25.3. The Labute approximate surface area is 212 Å².